The van der Waals surface area contributed by atoms with Crippen LogP contribution in [-0.4, -0.2) is 53.3 Å². The Balaban J connectivity index is 0.00000216. The summed E-state index contributed by atoms with van der Waals surface area (Å²) in [4.78, 5) is 32.9. The molecular formula is C36H45N3O5. The summed E-state index contributed by atoms with van der Waals surface area (Å²) in [6.07, 6.45) is 4.54. The van der Waals surface area contributed by atoms with Gasteiger partial charge < -0.3 is 14.3 Å². The van der Waals surface area contributed by atoms with Gasteiger partial charge in [-0.15, -0.1) is 0 Å². The van der Waals surface area contributed by atoms with Gasteiger partial charge in [0.2, 0.25) is 5.89 Å². The number of aromatic nitrogens is 1. The lowest BCUT2D eigenvalue weighted by Gasteiger charge is -2.46. The molecule has 0 saturated carbocycles. The van der Waals surface area contributed by atoms with Crippen LogP contribution < -0.4 is 4.90 Å². The number of rotatable bonds is 8. The van der Waals surface area contributed by atoms with E-state index >= 15 is 0 Å². The predicted molar refractivity (Wildman–Crippen MR) is 175 cm³/mol. The van der Waals surface area contributed by atoms with Gasteiger partial charge in [-0.3, -0.25) is 9.80 Å². The first-order chi connectivity index (χ1) is 21.2. The number of ether oxygens (including phenoxy) is 1. The maximum atomic E-state index is 12.7. The molecule has 8 heteroatoms. The number of benzene rings is 2. The van der Waals surface area contributed by atoms with Gasteiger partial charge >= 0.3 is 12.1 Å². The van der Waals surface area contributed by atoms with Crippen molar-refractivity contribution in [3.05, 3.63) is 88.8 Å². The molecule has 3 aromatic rings. The van der Waals surface area contributed by atoms with Crippen LogP contribution in [0.3, 0.4) is 0 Å². The number of aromatic carboxylic acids is 1. The third-order valence-electron chi connectivity index (χ3n) is 8.64. The molecule has 0 aliphatic carbocycles. The third-order valence-corrected chi connectivity index (χ3v) is 8.64. The van der Waals surface area contributed by atoms with E-state index in [4.69, 9.17) is 14.1 Å². The zero-order valence-electron chi connectivity index (χ0n) is 26.9. The number of nitrogens with zero attached hydrogens (tertiary/aromatic N) is 3. The number of hydrogen-bond acceptors (Lipinski definition) is 6. The average Bonchev–Trinajstić information content (AvgIpc) is 3.48. The highest BCUT2D eigenvalue weighted by atomic mass is 16.6. The number of carbonyl (C=O) groups excluding carboxylic acids is 1. The Kier molecular flexibility index (Phi) is 10.8. The van der Waals surface area contributed by atoms with E-state index in [1.165, 1.54) is 23.3 Å². The number of likely N-dealkylation sites (tertiary alicyclic amines) is 1. The maximum Gasteiger partial charge on any atom is 0.414 e. The van der Waals surface area contributed by atoms with E-state index in [0.29, 0.717) is 31.3 Å². The van der Waals surface area contributed by atoms with E-state index in [2.05, 4.69) is 38.7 Å². The van der Waals surface area contributed by atoms with Crippen molar-refractivity contribution in [2.45, 2.75) is 67.3 Å². The summed E-state index contributed by atoms with van der Waals surface area (Å²) in [7, 11) is 0. The molecule has 2 aliphatic rings. The van der Waals surface area contributed by atoms with Crippen LogP contribution in [0.4, 0.5) is 10.5 Å². The lowest BCUT2D eigenvalue weighted by molar-refractivity contribution is 0.0145. The Morgan fingerprint density at radius 3 is 2.30 bits per heavy atom. The SMILES string of the molecule is CC.CC/C(C)=C(C)\C=C(/C)c1oc(-c2ccccc2)nc1CN1CCC2(CC1)COC(=O)N(c1ccc(C(=O)O)cc1)C2. The number of carboxylic acids is 1. The molecule has 2 saturated heterocycles. The van der Waals surface area contributed by atoms with Crippen LogP contribution in [0.2, 0.25) is 0 Å². The van der Waals surface area contributed by atoms with Gasteiger partial charge in [0.1, 0.15) is 12.3 Å². The van der Waals surface area contributed by atoms with Gasteiger partial charge in [-0.05, 0) is 95.1 Å². The quantitative estimate of drug-likeness (QED) is 0.260. The summed E-state index contributed by atoms with van der Waals surface area (Å²) in [5.41, 5.74) is 6.20. The predicted octanol–water partition coefficient (Wildman–Crippen LogP) is 8.45. The Morgan fingerprint density at radius 2 is 1.68 bits per heavy atom. The summed E-state index contributed by atoms with van der Waals surface area (Å²) >= 11 is 0. The minimum absolute atomic E-state index is 0.160. The summed E-state index contributed by atoms with van der Waals surface area (Å²) in [5.74, 6) is 0.450. The first kappa shape index (κ1) is 32.7. The zero-order valence-corrected chi connectivity index (χ0v) is 26.9. The largest absolute Gasteiger partial charge is 0.478 e. The monoisotopic (exact) mass is 599 g/mol. The number of carbonyl (C=O) groups is 2. The van der Waals surface area contributed by atoms with E-state index in [9.17, 15) is 14.7 Å². The Hall–Kier alpha value is -4.17. The highest BCUT2D eigenvalue weighted by molar-refractivity contribution is 5.91. The van der Waals surface area contributed by atoms with Crippen molar-refractivity contribution in [3.63, 3.8) is 0 Å². The number of anilines is 1. The number of amides is 1. The lowest BCUT2D eigenvalue weighted by atomic mass is 9.77. The number of oxazole rings is 1. The molecule has 44 heavy (non-hydrogen) atoms. The van der Waals surface area contributed by atoms with Crippen LogP contribution in [0, 0.1) is 5.41 Å². The number of hydrogen-bond donors (Lipinski definition) is 1. The molecule has 1 aromatic heterocycles. The average molecular weight is 600 g/mol. The molecule has 8 nitrogen and oxygen atoms in total. The van der Waals surface area contributed by atoms with Gasteiger partial charge in [0.05, 0.1) is 5.56 Å². The van der Waals surface area contributed by atoms with Crippen molar-refractivity contribution in [1.82, 2.24) is 9.88 Å². The van der Waals surface area contributed by atoms with E-state index in [1.54, 1.807) is 17.0 Å². The summed E-state index contributed by atoms with van der Waals surface area (Å²) in [6.45, 7) is 15.8. The summed E-state index contributed by atoms with van der Waals surface area (Å²) < 4.78 is 12.0. The number of piperidine rings is 1. The molecule has 2 aliphatic heterocycles. The Bertz CT molecular complexity index is 1500. The highest BCUT2D eigenvalue weighted by Crippen LogP contribution is 2.38. The van der Waals surface area contributed by atoms with E-state index in [0.717, 1.165) is 54.9 Å². The van der Waals surface area contributed by atoms with Crippen molar-refractivity contribution < 1.29 is 23.8 Å². The van der Waals surface area contributed by atoms with Gasteiger partial charge in [-0.25, -0.2) is 14.6 Å². The molecule has 0 atom stereocenters. The fourth-order valence-electron chi connectivity index (χ4n) is 5.68. The second-order valence-electron chi connectivity index (χ2n) is 11.6. The van der Waals surface area contributed by atoms with E-state index in [1.807, 2.05) is 44.2 Å². The molecule has 0 unspecified atom stereocenters. The van der Waals surface area contributed by atoms with Gasteiger partial charge in [-0.1, -0.05) is 56.2 Å². The van der Waals surface area contributed by atoms with Crippen molar-refractivity contribution in [2.24, 2.45) is 5.41 Å². The van der Waals surface area contributed by atoms with Crippen molar-refractivity contribution >= 4 is 23.3 Å². The topological polar surface area (TPSA) is 96.1 Å². The number of carboxylic acid groups (broad SMARTS) is 1. The van der Waals surface area contributed by atoms with Crippen LogP contribution in [0.15, 0.2) is 76.2 Å². The highest BCUT2D eigenvalue weighted by Gasteiger charge is 2.43. The Morgan fingerprint density at radius 1 is 1.02 bits per heavy atom. The zero-order chi connectivity index (χ0) is 31.9. The van der Waals surface area contributed by atoms with Crippen molar-refractivity contribution in [2.75, 3.05) is 31.1 Å². The fraction of sp³-hybridized carbons (Fsp3) is 0.417. The molecule has 0 radical (unpaired) electrons. The molecule has 3 heterocycles. The molecule has 1 spiro atoms. The molecule has 234 valence electrons. The van der Waals surface area contributed by atoms with E-state index < -0.39 is 12.1 Å². The molecule has 5 rings (SSSR count). The first-order valence-corrected chi connectivity index (χ1v) is 15.6. The Labute approximate surface area is 261 Å². The normalized spacial score (nSPS) is 17.5. The van der Waals surface area contributed by atoms with Crippen LogP contribution >= 0.6 is 0 Å². The smallest absolute Gasteiger partial charge is 0.414 e. The minimum atomic E-state index is -0.994. The van der Waals surface area contributed by atoms with E-state index in [-0.39, 0.29) is 11.0 Å². The molecule has 1 N–H and O–H groups in total. The summed E-state index contributed by atoms with van der Waals surface area (Å²) in [6, 6.07) is 16.4. The van der Waals surface area contributed by atoms with Crippen LogP contribution in [0.25, 0.3) is 17.0 Å². The first-order valence-electron chi connectivity index (χ1n) is 15.6. The lowest BCUT2D eigenvalue weighted by Crippen LogP contribution is -2.54. The second kappa shape index (κ2) is 14.5. The summed E-state index contributed by atoms with van der Waals surface area (Å²) in [5, 5.41) is 9.22. The third kappa shape index (κ3) is 7.48. The molecule has 2 aromatic carbocycles. The maximum absolute atomic E-state index is 12.7. The number of cyclic esters (lactones) is 1. The van der Waals surface area contributed by atoms with Gasteiger partial charge in [-0.2, -0.15) is 0 Å². The van der Waals surface area contributed by atoms with Crippen LogP contribution in [0.5, 0.6) is 0 Å². The van der Waals surface area contributed by atoms with Crippen LogP contribution in [-0.2, 0) is 11.3 Å². The molecular weight excluding hydrogens is 554 g/mol. The van der Waals surface area contributed by atoms with Gasteiger partial charge in [0, 0.05) is 29.8 Å². The molecule has 2 fully saturated rings. The van der Waals surface area contributed by atoms with Crippen molar-refractivity contribution in [3.8, 4) is 11.5 Å². The molecule has 1 amide bonds. The molecule has 0 bridgehead atoms. The number of allylic oxidation sites excluding steroid dienone is 4. The van der Waals surface area contributed by atoms with Gasteiger partial charge in [0.25, 0.3) is 0 Å². The van der Waals surface area contributed by atoms with Crippen LogP contribution in [0.1, 0.15) is 82.6 Å². The fourth-order valence-corrected chi connectivity index (χ4v) is 5.68. The minimum Gasteiger partial charge on any atom is -0.478 e. The second-order valence-corrected chi connectivity index (χ2v) is 11.6. The van der Waals surface area contributed by atoms with Gasteiger partial charge in [0.15, 0.2) is 5.76 Å². The standard InChI is InChI=1S/C34H39N3O5.C2H6/c1-5-23(2)24(3)19-25(4)30-29(35-31(42-30)26-9-7-6-8-10-26)20-36-17-15-34(16-18-36)21-37(33(40)41-22-34)28-13-11-27(12-14-28)32(38)39;1-2/h6-14,19H,5,15-18,20-22H2,1-4H3,(H,38,39);1-2H3/b24-23-,25-19+;. The van der Waals surface area contributed by atoms with Crippen molar-refractivity contribution in [1.29, 1.82) is 0 Å².